The van der Waals surface area contributed by atoms with E-state index in [4.69, 9.17) is 11.6 Å². The molecule has 0 aromatic heterocycles. The summed E-state index contributed by atoms with van der Waals surface area (Å²) in [6, 6.07) is 0.222. The largest absolute Gasteiger partial charge is 0.212 e. The van der Waals surface area contributed by atoms with Crippen LogP contribution in [-0.4, -0.2) is 26.1 Å². The Morgan fingerprint density at radius 3 is 2.56 bits per heavy atom. The Balaban J connectivity index is 1.80. The van der Waals surface area contributed by atoms with Gasteiger partial charge in [-0.25, -0.2) is 13.1 Å². The zero-order chi connectivity index (χ0) is 11.6. The number of fused-ring (bicyclic) bond motifs is 2. The Bertz CT molecular complexity index is 331. The summed E-state index contributed by atoms with van der Waals surface area (Å²) in [5.74, 6) is 2.16. The first-order valence-electron chi connectivity index (χ1n) is 6.16. The number of hydrogen-bond acceptors (Lipinski definition) is 2. The molecule has 2 bridgehead atoms. The number of alkyl halides is 1. The highest BCUT2D eigenvalue weighted by Gasteiger charge is 2.40. The number of unbranched alkanes of at least 4 members (excludes halogenated alkanes) is 1. The smallest absolute Gasteiger partial charge is 0.211 e. The molecule has 0 aromatic carbocycles. The molecule has 2 fully saturated rings. The first kappa shape index (κ1) is 12.7. The zero-order valence-electron chi connectivity index (χ0n) is 9.49. The normalized spacial score (nSPS) is 33.4. The Morgan fingerprint density at radius 2 is 2.00 bits per heavy atom. The minimum Gasteiger partial charge on any atom is -0.212 e. The second-order valence-electron chi connectivity index (χ2n) is 5.11. The predicted octanol–water partition coefficient (Wildman–Crippen LogP) is 2.11. The van der Waals surface area contributed by atoms with E-state index in [2.05, 4.69) is 4.72 Å². The van der Waals surface area contributed by atoms with Gasteiger partial charge in [-0.15, -0.1) is 11.6 Å². The van der Waals surface area contributed by atoms with Gasteiger partial charge in [-0.3, -0.25) is 0 Å². The molecule has 1 N–H and O–H groups in total. The van der Waals surface area contributed by atoms with Gasteiger partial charge in [0.1, 0.15) is 0 Å². The van der Waals surface area contributed by atoms with Crippen LogP contribution in [0.15, 0.2) is 0 Å². The van der Waals surface area contributed by atoms with Crippen LogP contribution in [0.5, 0.6) is 0 Å². The highest BCUT2D eigenvalue weighted by Crippen LogP contribution is 2.44. The van der Waals surface area contributed by atoms with E-state index in [9.17, 15) is 8.42 Å². The van der Waals surface area contributed by atoms with Gasteiger partial charge in [0, 0.05) is 11.9 Å². The van der Waals surface area contributed by atoms with Gasteiger partial charge in [-0.2, -0.15) is 0 Å². The van der Waals surface area contributed by atoms with Crippen molar-refractivity contribution in [2.45, 2.75) is 44.6 Å². The van der Waals surface area contributed by atoms with Crippen LogP contribution in [0.4, 0.5) is 0 Å². The molecule has 16 heavy (non-hydrogen) atoms. The molecule has 2 rings (SSSR count). The summed E-state index contributed by atoms with van der Waals surface area (Å²) in [5.41, 5.74) is 0. The first-order chi connectivity index (χ1) is 7.61. The van der Waals surface area contributed by atoms with E-state index in [-0.39, 0.29) is 11.8 Å². The van der Waals surface area contributed by atoms with Crippen LogP contribution >= 0.6 is 11.6 Å². The van der Waals surface area contributed by atoms with Gasteiger partial charge in [-0.05, 0) is 43.9 Å². The van der Waals surface area contributed by atoms with Gasteiger partial charge >= 0.3 is 0 Å². The van der Waals surface area contributed by atoms with Crippen molar-refractivity contribution in [3.63, 3.8) is 0 Å². The summed E-state index contributed by atoms with van der Waals surface area (Å²) in [4.78, 5) is 0. The molecule has 3 atom stereocenters. The SMILES string of the molecule is O=S(=O)(CCCCCl)NC1CC2CCC1C2. The molecule has 0 aromatic rings. The second kappa shape index (κ2) is 5.23. The molecule has 0 aliphatic heterocycles. The van der Waals surface area contributed by atoms with Gasteiger partial charge < -0.3 is 0 Å². The predicted molar refractivity (Wildman–Crippen MR) is 66.1 cm³/mol. The van der Waals surface area contributed by atoms with E-state index in [1.54, 1.807) is 0 Å². The molecule has 2 saturated carbocycles. The molecule has 3 nitrogen and oxygen atoms in total. The molecule has 0 heterocycles. The van der Waals surface area contributed by atoms with E-state index in [0.29, 0.717) is 18.2 Å². The molecular weight excluding hydrogens is 246 g/mol. The minimum absolute atomic E-state index is 0.222. The summed E-state index contributed by atoms with van der Waals surface area (Å²) in [5, 5.41) is 0. The minimum atomic E-state index is -3.07. The lowest BCUT2D eigenvalue weighted by atomic mass is 9.96. The van der Waals surface area contributed by atoms with Crippen molar-refractivity contribution >= 4 is 21.6 Å². The van der Waals surface area contributed by atoms with Crippen LogP contribution in [0.2, 0.25) is 0 Å². The van der Waals surface area contributed by atoms with Crippen molar-refractivity contribution in [3.05, 3.63) is 0 Å². The quantitative estimate of drug-likeness (QED) is 0.591. The van der Waals surface area contributed by atoms with Crippen LogP contribution in [0, 0.1) is 11.8 Å². The molecule has 0 amide bonds. The summed E-state index contributed by atoms with van der Waals surface area (Å²) in [7, 11) is -3.07. The summed E-state index contributed by atoms with van der Waals surface area (Å²) < 4.78 is 26.4. The Labute approximate surface area is 103 Å². The fourth-order valence-electron chi connectivity index (χ4n) is 3.07. The number of rotatable bonds is 6. The molecule has 0 radical (unpaired) electrons. The third kappa shape index (κ3) is 3.11. The number of halogens is 1. The standard InChI is InChI=1S/C11H20ClNO2S/c12-5-1-2-6-16(14,15)13-11-8-9-3-4-10(11)7-9/h9-11,13H,1-8H2. The van der Waals surface area contributed by atoms with Crippen molar-refractivity contribution in [1.82, 2.24) is 4.72 Å². The van der Waals surface area contributed by atoms with E-state index in [1.165, 1.54) is 19.3 Å². The second-order valence-corrected chi connectivity index (χ2v) is 7.37. The highest BCUT2D eigenvalue weighted by molar-refractivity contribution is 7.89. The summed E-state index contributed by atoms with van der Waals surface area (Å²) in [6.45, 7) is 0. The van der Waals surface area contributed by atoms with E-state index in [1.807, 2.05) is 0 Å². The molecule has 2 aliphatic rings. The number of sulfonamides is 1. The van der Waals surface area contributed by atoms with Crippen molar-refractivity contribution in [3.8, 4) is 0 Å². The van der Waals surface area contributed by atoms with Crippen molar-refractivity contribution in [1.29, 1.82) is 0 Å². The van der Waals surface area contributed by atoms with Crippen LogP contribution in [0.3, 0.4) is 0 Å². The highest BCUT2D eigenvalue weighted by atomic mass is 35.5. The average Bonchev–Trinajstić information content (AvgIpc) is 2.78. The fraction of sp³-hybridized carbons (Fsp3) is 1.00. The van der Waals surface area contributed by atoms with Crippen LogP contribution in [0.1, 0.15) is 38.5 Å². The Hall–Kier alpha value is 0.200. The molecule has 94 valence electrons. The molecule has 2 aliphatic carbocycles. The Kier molecular flexibility index (Phi) is 4.14. The fourth-order valence-corrected chi connectivity index (χ4v) is 4.71. The maximum absolute atomic E-state index is 11.8. The lowest BCUT2D eigenvalue weighted by Gasteiger charge is -2.22. The maximum Gasteiger partial charge on any atom is 0.211 e. The zero-order valence-corrected chi connectivity index (χ0v) is 11.1. The van der Waals surface area contributed by atoms with Gasteiger partial charge in [0.2, 0.25) is 10.0 Å². The lowest BCUT2D eigenvalue weighted by molar-refractivity contribution is 0.390. The van der Waals surface area contributed by atoms with Crippen LogP contribution < -0.4 is 4.72 Å². The van der Waals surface area contributed by atoms with Gasteiger partial charge in [0.05, 0.1) is 5.75 Å². The molecule has 0 spiro atoms. The van der Waals surface area contributed by atoms with E-state index < -0.39 is 10.0 Å². The lowest BCUT2D eigenvalue weighted by Crippen LogP contribution is -2.39. The number of hydrogen-bond donors (Lipinski definition) is 1. The number of nitrogens with one attached hydrogen (secondary N) is 1. The van der Waals surface area contributed by atoms with Gasteiger partial charge in [0.25, 0.3) is 0 Å². The molecule has 3 unspecified atom stereocenters. The van der Waals surface area contributed by atoms with Crippen molar-refractivity contribution in [2.24, 2.45) is 11.8 Å². The monoisotopic (exact) mass is 265 g/mol. The molecule has 5 heteroatoms. The maximum atomic E-state index is 11.8. The molecule has 0 saturated heterocycles. The van der Waals surface area contributed by atoms with Crippen molar-refractivity contribution < 1.29 is 8.42 Å². The van der Waals surface area contributed by atoms with Crippen LogP contribution in [-0.2, 0) is 10.0 Å². The molecular formula is C11H20ClNO2S. The topological polar surface area (TPSA) is 46.2 Å². The van der Waals surface area contributed by atoms with E-state index >= 15 is 0 Å². The summed E-state index contributed by atoms with van der Waals surface area (Å²) >= 11 is 5.54. The summed E-state index contributed by atoms with van der Waals surface area (Å²) in [6.07, 6.45) is 6.24. The van der Waals surface area contributed by atoms with E-state index in [0.717, 1.165) is 18.8 Å². The van der Waals surface area contributed by atoms with Crippen molar-refractivity contribution in [2.75, 3.05) is 11.6 Å². The first-order valence-corrected chi connectivity index (χ1v) is 8.35. The third-order valence-electron chi connectivity index (χ3n) is 3.87. The average molecular weight is 266 g/mol. The van der Waals surface area contributed by atoms with Gasteiger partial charge in [0.15, 0.2) is 0 Å². The van der Waals surface area contributed by atoms with Crippen LogP contribution in [0.25, 0.3) is 0 Å². The third-order valence-corrected chi connectivity index (χ3v) is 5.62. The van der Waals surface area contributed by atoms with Gasteiger partial charge in [-0.1, -0.05) is 6.42 Å². The Morgan fingerprint density at radius 1 is 1.19 bits per heavy atom.